The van der Waals surface area contributed by atoms with E-state index in [9.17, 15) is 18.7 Å². The van der Waals surface area contributed by atoms with E-state index in [2.05, 4.69) is 15.4 Å². The topological polar surface area (TPSA) is 83.3 Å². The van der Waals surface area contributed by atoms with Crippen LogP contribution in [0, 0.1) is 24.0 Å². The lowest BCUT2D eigenvalue weighted by molar-refractivity contribution is -0.153. The summed E-state index contributed by atoms with van der Waals surface area (Å²) in [7, 11) is 0. The molecule has 3 heterocycles. The van der Waals surface area contributed by atoms with Gasteiger partial charge in [-0.1, -0.05) is 23.7 Å². The van der Waals surface area contributed by atoms with Crippen molar-refractivity contribution in [1.82, 2.24) is 19.7 Å². The molecule has 1 saturated heterocycles. The van der Waals surface area contributed by atoms with Crippen LogP contribution in [-0.4, -0.2) is 43.3 Å². The molecule has 0 radical (unpaired) electrons. The summed E-state index contributed by atoms with van der Waals surface area (Å²) in [5, 5.41) is 18.0. The first kappa shape index (κ1) is 30.8. The molecule has 3 aromatic rings. The predicted octanol–water partition coefficient (Wildman–Crippen LogP) is 7.35. The first-order chi connectivity index (χ1) is 19.1. The normalized spacial score (nSPS) is 20.7. The number of aryl methyl sites for hydroxylation is 1. The van der Waals surface area contributed by atoms with Gasteiger partial charge in [-0.15, -0.1) is 0 Å². The average Bonchev–Trinajstić information content (AvgIpc) is 3.25. The van der Waals surface area contributed by atoms with Crippen LogP contribution in [0.15, 0.2) is 30.3 Å². The van der Waals surface area contributed by atoms with Crippen molar-refractivity contribution in [3.8, 4) is 0 Å². The van der Waals surface area contributed by atoms with Gasteiger partial charge in [0.2, 0.25) is 0 Å². The number of hydrogen-bond acceptors (Lipinski definition) is 5. The first-order valence-corrected chi connectivity index (χ1v) is 14.1. The van der Waals surface area contributed by atoms with Crippen LogP contribution in [0.4, 0.5) is 24.8 Å². The zero-order valence-corrected chi connectivity index (χ0v) is 25.0. The molecule has 4 rings (SSSR count). The summed E-state index contributed by atoms with van der Waals surface area (Å²) in [4.78, 5) is 19.1. The fourth-order valence-electron chi connectivity index (χ4n) is 5.67. The molecule has 3 atom stereocenters. The number of halogens is 4. The van der Waals surface area contributed by atoms with Crippen LogP contribution in [0.1, 0.15) is 76.1 Å². The summed E-state index contributed by atoms with van der Waals surface area (Å²) in [6.45, 7) is 11.6. The van der Waals surface area contributed by atoms with E-state index in [0.717, 1.165) is 5.69 Å². The van der Waals surface area contributed by atoms with E-state index in [1.807, 2.05) is 50.3 Å². The van der Waals surface area contributed by atoms with E-state index in [0.29, 0.717) is 17.9 Å². The van der Waals surface area contributed by atoms with Crippen molar-refractivity contribution in [2.75, 3.05) is 11.9 Å². The second-order valence-corrected chi connectivity index (χ2v) is 12.5. The number of alkyl halides is 1. The number of anilines is 2. The minimum atomic E-state index is -1.64. The number of hydrogen-bond donors (Lipinski definition) is 2. The Balaban J connectivity index is 1.62. The Morgan fingerprint density at radius 3 is 2.54 bits per heavy atom. The molecule has 7 nitrogen and oxygen atoms in total. The standard InChI is InChI=1S/C30H37ClF3N5O2/c1-17-12-25(37-39(17)29(4,5)6)36-24-13-21(19(3)32)27(34)23(35-24)15-30(28(40)41)10-11-38(18(2)14-30)16-20-8-7-9-22(31)26(20)33/h7-9,12-13,18-19H,10-11,14-16H2,1-6H3,(H,40,41)(H,35,36,37)/t18-,19?,30-/m1/s1. The monoisotopic (exact) mass is 591 g/mol. The van der Waals surface area contributed by atoms with Gasteiger partial charge in [-0.3, -0.25) is 14.4 Å². The number of benzene rings is 1. The highest BCUT2D eigenvalue weighted by Gasteiger charge is 2.45. The highest BCUT2D eigenvalue weighted by molar-refractivity contribution is 6.30. The van der Waals surface area contributed by atoms with Gasteiger partial charge in [0, 0.05) is 41.9 Å². The predicted molar refractivity (Wildman–Crippen MR) is 153 cm³/mol. The quantitative estimate of drug-likeness (QED) is 0.285. The van der Waals surface area contributed by atoms with Crippen molar-refractivity contribution in [2.24, 2.45) is 5.41 Å². The van der Waals surface area contributed by atoms with Crippen molar-refractivity contribution in [1.29, 1.82) is 0 Å². The van der Waals surface area contributed by atoms with Gasteiger partial charge < -0.3 is 10.4 Å². The smallest absolute Gasteiger partial charge is 0.310 e. The Hall–Kier alpha value is -3.11. The number of rotatable bonds is 8. The van der Waals surface area contributed by atoms with Crippen LogP contribution >= 0.6 is 11.6 Å². The molecule has 0 spiro atoms. The number of nitrogens with zero attached hydrogens (tertiary/aromatic N) is 4. The molecular formula is C30H37ClF3N5O2. The molecule has 0 amide bonds. The van der Waals surface area contributed by atoms with Gasteiger partial charge in [0.25, 0.3) is 0 Å². The maximum absolute atomic E-state index is 15.6. The minimum absolute atomic E-state index is 0.0281. The second-order valence-electron chi connectivity index (χ2n) is 12.1. The summed E-state index contributed by atoms with van der Waals surface area (Å²) in [5.41, 5.74) is -0.621. The summed E-state index contributed by atoms with van der Waals surface area (Å²) in [6.07, 6.45) is -1.49. The van der Waals surface area contributed by atoms with Crippen LogP contribution in [0.3, 0.4) is 0 Å². The van der Waals surface area contributed by atoms with E-state index < -0.39 is 29.2 Å². The van der Waals surface area contributed by atoms with E-state index in [4.69, 9.17) is 11.6 Å². The lowest BCUT2D eigenvalue weighted by Gasteiger charge is -2.43. The van der Waals surface area contributed by atoms with Crippen molar-refractivity contribution in [3.05, 3.63) is 69.5 Å². The summed E-state index contributed by atoms with van der Waals surface area (Å²) in [6, 6.07) is 7.65. The molecule has 0 aliphatic carbocycles. The maximum Gasteiger partial charge on any atom is 0.310 e. The maximum atomic E-state index is 15.6. The Morgan fingerprint density at radius 1 is 1.24 bits per heavy atom. The molecule has 11 heteroatoms. The lowest BCUT2D eigenvalue weighted by atomic mass is 9.72. The summed E-state index contributed by atoms with van der Waals surface area (Å²) < 4.78 is 46.5. The van der Waals surface area contributed by atoms with Crippen LogP contribution in [0.25, 0.3) is 0 Å². The Labute approximate surface area is 243 Å². The molecule has 1 fully saturated rings. The van der Waals surface area contributed by atoms with Crippen molar-refractivity contribution in [3.63, 3.8) is 0 Å². The number of carboxylic acid groups (broad SMARTS) is 1. The number of pyridine rings is 1. The number of carbonyl (C=O) groups is 1. The molecule has 222 valence electrons. The fourth-order valence-corrected chi connectivity index (χ4v) is 5.86. The molecule has 1 aromatic carbocycles. The SMILES string of the molecule is Cc1cc(Nc2cc(C(C)F)c(F)c(C[C@@]3(C(=O)O)CCN(Cc4cccc(Cl)c4F)[C@H](C)C3)n2)nn1C(C)(C)C. The third-order valence-electron chi connectivity index (χ3n) is 7.81. The van der Waals surface area contributed by atoms with Crippen LogP contribution in [-0.2, 0) is 23.3 Å². The Kier molecular flexibility index (Phi) is 8.76. The van der Waals surface area contributed by atoms with Crippen molar-refractivity contribution in [2.45, 2.75) is 85.1 Å². The number of carboxylic acids is 1. The zero-order valence-electron chi connectivity index (χ0n) is 24.2. The van der Waals surface area contributed by atoms with Crippen molar-refractivity contribution >= 4 is 29.2 Å². The van der Waals surface area contributed by atoms with E-state index in [1.165, 1.54) is 19.1 Å². The highest BCUT2D eigenvalue weighted by atomic mass is 35.5. The highest BCUT2D eigenvalue weighted by Crippen LogP contribution is 2.40. The molecule has 1 aliphatic heterocycles. The number of aliphatic carboxylic acids is 1. The Morgan fingerprint density at radius 2 is 1.95 bits per heavy atom. The molecule has 0 bridgehead atoms. The summed E-state index contributed by atoms with van der Waals surface area (Å²) >= 11 is 5.94. The number of piperidine rings is 1. The third kappa shape index (κ3) is 6.54. The molecule has 1 aliphatic rings. The number of nitrogens with one attached hydrogen (secondary N) is 1. The third-order valence-corrected chi connectivity index (χ3v) is 8.11. The second kappa shape index (κ2) is 11.6. The van der Waals surface area contributed by atoms with Gasteiger partial charge in [-0.2, -0.15) is 5.10 Å². The van der Waals surface area contributed by atoms with Gasteiger partial charge in [0.15, 0.2) is 11.6 Å². The van der Waals surface area contributed by atoms with Gasteiger partial charge in [0.05, 0.1) is 21.7 Å². The lowest BCUT2D eigenvalue weighted by Crippen LogP contribution is -2.50. The van der Waals surface area contributed by atoms with E-state index in [-0.39, 0.29) is 59.5 Å². The van der Waals surface area contributed by atoms with Gasteiger partial charge >= 0.3 is 5.97 Å². The van der Waals surface area contributed by atoms with Crippen LogP contribution in [0.2, 0.25) is 5.02 Å². The van der Waals surface area contributed by atoms with Crippen molar-refractivity contribution < 1.29 is 23.1 Å². The molecule has 2 aromatic heterocycles. The van der Waals surface area contributed by atoms with E-state index in [1.54, 1.807) is 12.1 Å². The summed E-state index contributed by atoms with van der Waals surface area (Å²) in [5.74, 6) is -1.78. The minimum Gasteiger partial charge on any atom is -0.481 e. The number of aromatic nitrogens is 3. The largest absolute Gasteiger partial charge is 0.481 e. The molecular weight excluding hydrogens is 555 g/mol. The first-order valence-electron chi connectivity index (χ1n) is 13.7. The fraction of sp³-hybridized carbons (Fsp3) is 0.500. The molecule has 0 saturated carbocycles. The van der Waals surface area contributed by atoms with Gasteiger partial charge in [0.1, 0.15) is 17.8 Å². The zero-order chi connectivity index (χ0) is 30.3. The van der Waals surface area contributed by atoms with Crippen LogP contribution < -0.4 is 5.32 Å². The van der Waals surface area contributed by atoms with E-state index >= 15 is 4.39 Å². The number of likely N-dealkylation sites (tertiary alicyclic amines) is 1. The van der Waals surface area contributed by atoms with Gasteiger partial charge in [-0.05, 0) is 73.1 Å². The average molecular weight is 592 g/mol. The molecule has 2 N–H and O–H groups in total. The van der Waals surface area contributed by atoms with Gasteiger partial charge in [-0.25, -0.2) is 18.2 Å². The molecule has 41 heavy (non-hydrogen) atoms. The molecule has 1 unspecified atom stereocenters. The Bertz CT molecular complexity index is 1440. The van der Waals surface area contributed by atoms with Crippen LogP contribution in [0.5, 0.6) is 0 Å².